The molecule has 1 N–H and O–H groups in total. The average Bonchev–Trinajstić information content (AvgIpc) is 2.35. The summed E-state index contributed by atoms with van der Waals surface area (Å²) in [6.07, 6.45) is 4.09. The normalized spacial score (nSPS) is 30.6. The Hall–Kier alpha value is -0.610. The monoisotopic (exact) mass is 255 g/mol. The fourth-order valence-corrected chi connectivity index (χ4v) is 2.74. The smallest absolute Gasteiger partial charge is 0.308 e. The third-order valence-corrected chi connectivity index (χ3v) is 4.07. The minimum atomic E-state index is -0.00435. The molecule has 0 unspecified atom stereocenters. The fraction of sp³-hybridized carbons (Fsp3) is 0.929. The van der Waals surface area contributed by atoms with Crippen molar-refractivity contribution >= 4 is 5.97 Å². The molecule has 18 heavy (non-hydrogen) atoms. The summed E-state index contributed by atoms with van der Waals surface area (Å²) >= 11 is 0. The molecule has 4 heteroatoms. The number of ether oxygens (including phenoxy) is 2. The van der Waals surface area contributed by atoms with Crippen molar-refractivity contribution in [1.29, 1.82) is 0 Å². The standard InChI is InChI=1S/C14H25NO3/c1-3-18-13(16)11-4-6-12(7-5-11)15-8-14(2)9-17-10-14/h11-12,15H,3-10H2,1-2H3. The van der Waals surface area contributed by atoms with Crippen LogP contribution in [0.3, 0.4) is 0 Å². The molecule has 0 aromatic heterocycles. The summed E-state index contributed by atoms with van der Waals surface area (Å²) in [5.41, 5.74) is 0.331. The summed E-state index contributed by atoms with van der Waals surface area (Å²) in [4.78, 5) is 11.6. The Balaban J connectivity index is 1.65. The third-order valence-electron chi connectivity index (χ3n) is 4.07. The molecular weight excluding hydrogens is 230 g/mol. The molecule has 4 nitrogen and oxygen atoms in total. The largest absolute Gasteiger partial charge is 0.466 e. The van der Waals surface area contributed by atoms with Gasteiger partial charge in [0.15, 0.2) is 0 Å². The second-order valence-corrected chi connectivity index (χ2v) is 5.98. The Morgan fingerprint density at radius 3 is 2.50 bits per heavy atom. The van der Waals surface area contributed by atoms with Crippen LogP contribution in [0, 0.1) is 11.3 Å². The van der Waals surface area contributed by atoms with E-state index in [2.05, 4.69) is 12.2 Å². The molecule has 0 amide bonds. The van der Waals surface area contributed by atoms with Crippen LogP contribution in [0.5, 0.6) is 0 Å². The van der Waals surface area contributed by atoms with Crippen molar-refractivity contribution in [2.75, 3.05) is 26.4 Å². The van der Waals surface area contributed by atoms with Crippen molar-refractivity contribution in [2.45, 2.75) is 45.6 Å². The number of nitrogens with one attached hydrogen (secondary N) is 1. The van der Waals surface area contributed by atoms with Gasteiger partial charge in [0.05, 0.1) is 25.7 Å². The Kier molecular flexibility index (Phi) is 4.62. The highest BCUT2D eigenvalue weighted by Crippen LogP contribution is 2.28. The molecule has 2 fully saturated rings. The summed E-state index contributed by atoms with van der Waals surface area (Å²) in [5.74, 6) is 0.126. The molecule has 0 aromatic rings. The predicted molar refractivity (Wildman–Crippen MR) is 69.3 cm³/mol. The molecular formula is C14H25NO3. The summed E-state index contributed by atoms with van der Waals surface area (Å²) in [6.45, 7) is 7.40. The molecule has 104 valence electrons. The van der Waals surface area contributed by atoms with E-state index in [1.165, 1.54) is 0 Å². The van der Waals surface area contributed by atoms with Gasteiger partial charge in [0.2, 0.25) is 0 Å². The number of esters is 1. The van der Waals surface area contributed by atoms with Crippen molar-refractivity contribution < 1.29 is 14.3 Å². The van der Waals surface area contributed by atoms with E-state index in [9.17, 15) is 4.79 Å². The third kappa shape index (κ3) is 3.45. The molecule has 0 spiro atoms. The van der Waals surface area contributed by atoms with Gasteiger partial charge >= 0.3 is 5.97 Å². The lowest BCUT2D eigenvalue weighted by Gasteiger charge is -2.40. The summed E-state index contributed by atoms with van der Waals surface area (Å²) in [6, 6.07) is 0.563. The molecule has 1 heterocycles. The minimum absolute atomic E-state index is 0.00435. The van der Waals surface area contributed by atoms with Crippen LogP contribution < -0.4 is 5.32 Å². The first-order chi connectivity index (χ1) is 8.63. The van der Waals surface area contributed by atoms with Gasteiger partial charge in [-0.1, -0.05) is 6.92 Å². The van der Waals surface area contributed by atoms with E-state index in [1.54, 1.807) is 0 Å². The van der Waals surface area contributed by atoms with Crippen molar-refractivity contribution in [1.82, 2.24) is 5.32 Å². The molecule has 0 radical (unpaired) electrons. The topological polar surface area (TPSA) is 47.6 Å². The quantitative estimate of drug-likeness (QED) is 0.760. The highest BCUT2D eigenvalue weighted by molar-refractivity contribution is 5.72. The van der Waals surface area contributed by atoms with Gasteiger partial charge in [-0.25, -0.2) is 0 Å². The van der Waals surface area contributed by atoms with Crippen LogP contribution in [-0.4, -0.2) is 38.4 Å². The van der Waals surface area contributed by atoms with Crippen LogP contribution in [0.1, 0.15) is 39.5 Å². The Labute approximate surface area is 109 Å². The fourth-order valence-electron chi connectivity index (χ4n) is 2.74. The van der Waals surface area contributed by atoms with E-state index in [1.807, 2.05) is 6.92 Å². The van der Waals surface area contributed by atoms with Crippen LogP contribution in [0.4, 0.5) is 0 Å². The zero-order valence-corrected chi connectivity index (χ0v) is 11.5. The second kappa shape index (κ2) is 6.02. The lowest BCUT2D eigenvalue weighted by Crippen LogP contribution is -2.50. The van der Waals surface area contributed by atoms with Crippen LogP contribution in [0.25, 0.3) is 0 Å². The number of hydrogen-bond acceptors (Lipinski definition) is 4. The van der Waals surface area contributed by atoms with Gasteiger partial charge in [0, 0.05) is 18.0 Å². The highest BCUT2D eigenvalue weighted by Gasteiger charge is 2.34. The van der Waals surface area contributed by atoms with Gasteiger partial charge in [-0.15, -0.1) is 0 Å². The molecule has 2 rings (SSSR count). The molecule has 1 aliphatic heterocycles. The Bertz CT molecular complexity index is 281. The van der Waals surface area contributed by atoms with Gasteiger partial charge < -0.3 is 14.8 Å². The highest BCUT2D eigenvalue weighted by atomic mass is 16.5. The average molecular weight is 255 g/mol. The molecule has 0 bridgehead atoms. The number of carbonyl (C=O) groups is 1. The number of hydrogen-bond donors (Lipinski definition) is 1. The van der Waals surface area contributed by atoms with Crippen LogP contribution in [0.15, 0.2) is 0 Å². The van der Waals surface area contributed by atoms with Crippen LogP contribution in [-0.2, 0) is 14.3 Å². The van der Waals surface area contributed by atoms with E-state index < -0.39 is 0 Å². The number of rotatable bonds is 5. The predicted octanol–water partition coefficient (Wildman–Crippen LogP) is 1.73. The van der Waals surface area contributed by atoms with Gasteiger partial charge in [0.25, 0.3) is 0 Å². The first kappa shape index (κ1) is 13.8. The first-order valence-electron chi connectivity index (χ1n) is 7.11. The van der Waals surface area contributed by atoms with E-state index in [0.29, 0.717) is 18.1 Å². The zero-order chi connectivity index (χ0) is 13.0. The van der Waals surface area contributed by atoms with Gasteiger partial charge in [-0.05, 0) is 32.6 Å². The Morgan fingerprint density at radius 1 is 1.33 bits per heavy atom. The maximum absolute atomic E-state index is 11.6. The minimum Gasteiger partial charge on any atom is -0.466 e. The molecule has 1 saturated carbocycles. The van der Waals surface area contributed by atoms with Crippen molar-refractivity contribution in [3.05, 3.63) is 0 Å². The van der Waals surface area contributed by atoms with Gasteiger partial charge in [-0.2, -0.15) is 0 Å². The van der Waals surface area contributed by atoms with Gasteiger partial charge in [-0.3, -0.25) is 4.79 Å². The zero-order valence-electron chi connectivity index (χ0n) is 11.5. The van der Waals surface area contributed by atoms with Crippen molar-refractivity contribution in [3.8, 4) is 0 Å². The van der Waals surface area contributed by atoms with E-state index in [4.69, 9.17) is 9.47 Å². The molecule has 0 aromatic carbocycles. The lowest BCUT2D eigenvalue weighted by molar-refractivity contribution is -0.149. The van der Waals surface area contributed by atoms with E-state index in [-0.39, 0.29) is 11.9 Å². The summed E-state index contributed by atoms with van der Waals surface area (Å²) in [5, 5.41) is 3.62. The van der Waals surface area contributed by atoms with Crippen LogP contribution >= 0.6 is 0 Å². The summed E-state index contributed by atoms with van der Waals surface area (Å²) in [7, 11) is 0. The SMILES string of the molecule is CCOC(=O)C1CCC(NCC2(C)COC2)CC1. The maximum atomic E-state index is 11.6. The molecule has 0 atom stereocenters. The number of carbonyl (C=O) groups excluding carboxylic acids is 1. The lowest BCUT2D eigenvalue weighted by atomic mass is 9.84. The molecule has 2 aliphatic rings. The van der Waals surface area contributed by atoms with E-state index >= 15 is 0 Å². The Morgan fingerprint density at radius 2 is 2.00 bits per heavy atom. The van der Waals surface area contributed by atoms with E-state index in [0.717, 1.165) is 45.4 Å². The first-order valence-corrected chi connectivity index (χ1v) is 7.11. The molecule has 1 aliphatic carbocycles. The van der Waals surface area contributed by atoms with Gasteiger partial charge in [0.1, 0.15) is 0 Å². The maximum Gasteiger partial charge on any atom is 0.308 e. The summed E-state index contributed by atoms with van der Waals surface area (Å²) < 4.78 is 10.3. The van der Waals surface area contributed by atoms with Crippen molar-refractivity contribution in [2.24, 2.45) is 11.3 Å². The van der Waals surface area contributed by atoms with Crippen LogP contribution in [0.2, 0.25) is 0 Å². The second-order valence-electron chi connectivity index (χ2n) is 5.98. The molecule has 1 saturated heterocycles. The van der Waals surface area contributed by atoms with Crippen molar-refractivity contribution in [3.63, 3.8) is 0 Å².